The van der Waals surface area contributed by atoms with Gasteiger partial charge in [0.15, 0.2) is 6.61 Å². The predicted molar refractivity (Wildman–Crippen MR) is 122 cm³/mol. The molecule has 34 heavy (non-hydrogen) atoms. The molecule has 2 N–H and O–H groups in total. The Morgan fingerprint density at radius 3 is 2.50 bits per heavy atom. The minimum absolute atomic E-state index is 0.169. The molecule has 1 saturated heterocycles. The van der Waals surface area contributed by atoms with E-state index in [0.29, 0.717) is 24.1 Å². The molecule has 2 aromatic carbocycles. The largest absolute Gasteiger partial charge is 0.483 e. The van der Waals surface area contributed by atoms with E-state index in [1.54, 1.807) is 24.3 Å². The summed E-state index contributed by atoms with van der Waals surface area (Å²) in [5.41, 5.74) is 0.660. The van der Waals surface area contributed by atoms with Gasteiger partial charge in [0.1, 0.15) is 17.1 Å². The number of nitrogens with one attached hydrogen (secondary N) is 2. The molecule has 0 atom stereocenters. The third-order valence-corrected chi connectivity index (χ3v) is 5.78. The first kappa shape index (κ1) is 23.2. The zero-order valence-electron chi connectivity index (χ0n) is 18.4. The van der Waals surface area contributed by atoms with Crippen molar-refractivity contribution in [3.05, 3.63) is 65.5 Å². The summed E-state index contributed by atoms with van der Waals surface area (Å²) in [5, 5.41) is 4.85. The maximum absolute atomic E-state index is 13.1. The lowest BCUT2D eigenvalue weighted by atomic mass is 9.93. The average molecular weight is 465 g/mol. The zero-order valence-corrected chi connectivity index (χ0v) is 18.4. The maximum Gasteiger partial charge on any atom is 0.331 e. The van der Waals surface area contributed by atoms with Gasteiger partial charge in [-0.1, -0.05) is 37.5 Å². The van der Waals surface area contributed by atoms with Gasteiger partial charge >= 0.3 is 6.03 Å². The molecule has 1 saturated carbocycles. The van der Waals surface area contributed by atoms with Crippen LogP contribution in [0.25, 0.3) is 6.08 Å². The third kappa shape index (κ3) is 5.31. The zero-order chi connectivity index (χ0) is 24.1. The number of hydrogen-bond acceptors (Lipinski definition) is 5. The van der Waals surface area contributed by atoms with E-state index in [2.05, 4.69) is 10.6 Å². The fourth-order valence-electron chi connectivity index (χ4n) is 4.10. The Morgan fingerprint density at radius 2 is 1.76 bits per heavy atom. The van der Waals surface area contributed by atoms with Crippen LogP contribution in [-0.2, 0) is 14.4 Å². The van der Waals surface area contributed by atoms with Gasteiger partial charge in [0.05, 0.1) is 0 Å². The number of barbiturate groups is 1. The Bertz CT molecular complexity index is 1140. The number of ether oxygens (including phenoxy) is 1. The number of halogens is 1. The number of carbonyl (C=O) groups excluding carboxylic acids is 4. The highest BCUT2D eigenvalue weighted by Crippen LogP contribution is 2.28. The number of rotatable bonds is 6. The molecule has 0 bridgehead atoms. The van der Waals surface area contributed by atoms with Gasteiger partial charge in [0.25, 0.3) is 17.7 Å². The van der Waals surface area contributed by atoms with Crippen LogP contribution in [-0.4, -0.2) is 41.3 Å². The lowest BCUT2D eigenvalue weighted by molar-refractivity contribution is -0.132. The van der Waals surface area contributed by atoms with Crippen LogP contribution < -0.4 is 15.4 Å². The summed E-state index contributed by atoms with van der Waals surface area (Å²) in [6, 6.07) is 11.0. The Labute approximate surface area is 195 Å². The van der Waals surface area contributed by atoms with Crippen molar-refractivity contribution in [1.29, 1.82) is 0 Å². The molecule has 2 fully saturated rings. The highest BCUT2D eigenvalue weighted by atomic mass is 19.1. The molecule has 2 aliphatic rings. The number of imide groups is 2. The van der Waals surface area contributed by atoms with E-state index in [1.165, 1.54) is 30.3 Å². The first-order valence-corrected chi connectivity index (χ1v) is 11.1. The molecule has 5 amide bonds. The number of urea groups is 1. The van der Waals surface area contributed by atoms with Crippen molar-refractivity contribution in [2.45, 2.75) is 38.1 Å². The molecule has 0 spiro atoms. The Kier molecular flexibility index (Phi) is 7.01. The van der Waals surface area contributed by atoms with Crippen LogP contribution in [0.1, 0.15) is 37.7 Å². The average Bonchev–Trinajstić information content (AvgIpc) is 2.83. The van der Waals surface area contributed by atoms with Gasteiger partial charge in [-0.2, -0.15) is 0 Å². The minimum Gasteiger partial charge on any atom is -0.483 e. The number of amides is 5. The van der Waals surface area contributed by atoms with Crippen LogP contribution in [0.15, 0.2) is 54.1 Å². The summed E-state index contributed by atoms with van der Waals surface area (Å²) in [4.78, 5) is 51.3. The van der Waals surface area contributed by atoms with E-state index in [-0.39, 0.29) is 24.0 Å². The first-order valence-electron chi connectivity index (χ1n) is 11.1. The molecule has 1 aliphatic carbocycles. The van der Waals surface area contributed by atoms with E-state index in [0.717, 1.165) is 24.2 Å². The second-order valence-electron chi connectivity index (χ2n) is 8.17. The van der Waals surface area contributed by atoms with Gasteiger partial charge in [-0.05, 0) is 49.2 Å². The number of carbonyl (C=O) groups is 4. The van der Waals surface area contributed by atoms with Gasteiger partial charge in [-0.25, -0.2) is 9.18 Å². The van der Waals surface area contributed by atoms with Gasteiger partial charge in [-0.15, -0.1) is 0 Å². The summed E-state index contributed by atoms with van der Waals surface area (Å²) in [5.74, 6) is -2.00. The second kappa shape index (κ2) is 10.3. The number of para-hydroxylation sites is 1. The van der Waals surface area contributed by atoms with Crippen LogP contribution >= 0.6 is 0 Å². The molecule has 1 aliphatic heterocycles. The second-order valence-corrected chi connectivity index (χ2v) is 8.17. The van der Waals surface area contributed by atoms with Gasteiger partial charge < -0.3 is 10.1 Å². The molecule has 8 nitrogen and oxygen atoms in total. The minimum atomic E-state index is -0.772. The highest BCUT2D eigenvalue weighted by Gasteiger charge is 2.40. The molecule has 0 aromatic heterocycles. The SMILES string of the molecule is O=C(COc1ccccc1C=C1C(=O)NC(=O)N(C2CCCCC2)C1=O)Nc1ccc(F)cc1. The molecule has 9 heteroatoms. The van der Waals surface area contributed by atoms with Gasteiger partial charge in [0, 0.05) is 17.3 Å². The number of hydrogen-bond donors (Lipinski definition) is 2. The van der Waals surface area contributed by atoms with Crippen molar-refractivity contribution in [2.24, 2.45) is 0 Å². The summed E-state index contributed by atoms with van der Waals surface area (Å²) in [6.45, 7) is -0.343. The smallest absolute Gasteiger partial charge is 0.331 e. The van der Waals surface area contributed by atoms with Crippen molar-refractivity contribution in [2.75, 3.05) is 11.9 Å². The molecule has 0 unspecified atom stereocenters. The van der Waals surface area contributed by atoms with E-state index in [1.807, 2.05) is 0 Å². The lowest BCUT2D eigenvalue weighted by Gasteiger charge is -2.35. The molecule has 2 aromatic rings. The summed E-state index contributed by atoms with van der Waals surface area (Å²) >= 11 is 0. The maximum atomic E-state index is 13.1. The molecule has 0 radical (unpaired) electrons. The van der Waals surface area contributed by atoms with Crippen molar-refractivity contribution in [3.8, 4) is 5.75 Å². The van der Waals surface area contributed by atoms with Gasteiger partial charge in [-0.3, -0.25) is 24.6 Å². The van der Waals surface area contributed by atoms with E-state index >= 15 is 0 Å². The lowest BCUT2D eigenvalue weighted by Crippen LogP contribution is -2.58. The van der Waals surface area contributed by atoms with Crippen LogP contribution in [0, 0.1) is 5.82 Å². The fraction of sp³-hybridized carbons (Fsp3) is 0.280. The molecule has 4 rings (SSSR count). The van der Waals surface area contributed by atoms with Crippen molar-refractivity contribution in [3.63, 3.8) is 0 Å². The van der Waals surface area contributed by atoms with Crippen LogP contribution in [0.4, 0.5) is 14.9 Å². The number of nitrogens with zero attached hydrogens (tertiary/aromatic N) is 1. The Morgan fingerprint density at radius 1 is 1.06 bits per heavy atom. The third-order valence-electron chi connectivity index (χ3n) is 5.78. The van der Waals surface area contributed by atoms with Crippen molar-refractivity contribution < 1.29 is 28.3 Å². The van der Waals surface area contributed by atoms with E-state index < -0.39 is 29.6 Å². The predicted octanol–water partition coefficient (Wildman–Crippen LogP) is 3.64. The van der Waals surface area contributed by atoms with Crippen LogP contribution in [0.2, 0.25) is 0 Å². The Hall–Kier alpha value is -4.01. The molecular weight excluding hydrogens is 441 g/mol. The number of benzene rings is 2. The van der Waals surface area contributed by atoms with E-state index in [9.17, 15) is 23.6 Å². The van der Waals surface area contributed by atoms with E-state index in [4.69, 9.17) is 4.74 Å². The quantitative estimate of drug-likeness (QED) is 0.501. The normalized spacial score (nSPS) is 18.1. The summed E-state index contributed by atoms with van der Waals surface area (Å²) < 4.78 is 18.6. The van der Waals surface area contributed by atoms with Crippen molar-refractivity contribution >= 4 is 35.5 Å². The summed E-state index contributed by atoms with van der Waals surface area (Å²) in [6.07, 6.45) is 5.69. The molecule has 176 valence electrons. The number of anilines is 1. The fourth-order valence-corrected chi connectivity index (χ4v) is 4.10. The van der Waals surface area contributed by atoms with Crippen molar-refractivity contribution in [1.82, 2.24) is 10.2 Å². The monoisotopic (exact) mass is 465 g/mol. The van der Waals surface area contributed by atoms with Crippen LogP contribution in [0.5, 0.6) is 5.75 Å². The van der Waals surface area contributed by atoms with Gasteiger partial charge in [0.2, 0.25) is 0 Å². The highest BCUT2D eigenvalue weighted by molar-refractivity contribution is 6.31. The topological polar surface area (TPSA) is 105 Å². The van der Waals surface area contributed by atoms with Crippen LogP contribution in [0.3, 0.4) is 0 Å². The molecule has 1 heterocycles. The summed E-state index contributed by atoms with van der Waals surface area (Å²) in [7, 11) is 0. The first-order chi connectivity index (χ1) is 16.4. The molecular formula is C25H24FN3O5. The standard InChI is InChI=1S/C25H24FN3O5/c26-17-10-12-18(13-11-17)27-22(30)15-34-21-9-5-4-6-16(21)14-20-23(31)28-25(33)29(24(20)32)19-7-2-1-3-8-19/h4-6,9-14,19H,1-3,7-8,15H2,(H,27,30)(H,28,31,33). The Balaban J connectivity index is 1.49.